The van der Waals surface area contributed by atoms with Crippen LogP contribution in [0.15, 0.2) is 47.4 Å². The van der Waals surface area contributed by atoms with Gasteiger partial charge >= 0.3 is 0 Å². The lowest BCUT2D eigenvalue weighted by Crippen LogP contribution is -2.38. The van der Waals surface area contributed by atoms with Crippen LogP contribution in [0.1, 0.15) is 44.2 Å². The third kappa shape index (κ3) is 5.96. The van der Waals surface area contributed by atoms with Crippen molar-refractivity contribution in [3.05, 3.63) is 63.6 Å². The standard InChI is InChI=1S/C22H26Cl2O5S/c1-15-7-10-18(11-8-15)30(25,26)27-14-17-5-4-6-21(28-17)29-22(2,3)19-12-9-16(23)13-20(19)24/h7-13,17,21H,4-6,14H2,1-3H3/t17-,21+/m1/s1. The first-order valence-electron chi connectivity index (χ1n) is 9.82. The molecule has 1 aliphatic rings. The number of rotatable bonds is 7. The Balaban J connectivity index is 1.60. The fourth-order valence-corrected chi connectivity index (χ4v) is 4.95. The topological polar surface area (TPSA) is 61.8 Å². The highest BCUT2D eigenvalue weighted by molar-refractivity contribution is 7.86. The van der Waals surface area contributed by atoms with Crippen LogP contribution in [0.3, 0.4) is 0 Å². The van der Waals surface area contributed by atoms with Gasteiger partial charge in [0.05, 0.1) is 23.2 Å². The maximum absolute atomic E-state index is 12.4. The molecule has 5 nitrogen and oxygen atoms in total. The molecule has 0 bridgehead atoms. The summed E-state index contributed by atoms with van der Waals surface area (Å²) in [6, 6.07) is 11.8. The van der Waals surface area contributed by atoms with Crippen LogP contribution in [0.25, 0.3) is 0 Å². The molecule has 1 saturated heterocycles. The second kappa shape index (κ2) is 9.55. The highest BCUT2D eigenvalue weighted by Gasteiger charge is 2.32. The summed E-state index contributed by atoms with van der Waals surface area (Å²) in [6.07, 6.45) is 1.38. The molecule has 1 fully saturated rings. The highest BCUT2D eigenvalue weighted by atomic mass is 35.5. The van der Waals surface area contributed by atoms with Gasteiger partial charge in [-0.3, -0.25) is 4.18 Å². The molecule has 0 radical (unpaired) electrons. The second-order valence-electron chi connectivity index (χ2n) is 7.92. The van der Waals surface area contributed by atoms with Gasteiger partial charge in [0.25, 0.3) is 10.1 Å². The van der Waals surface area contributed by atoms with Crippen LogP contribution in [0.4, 0.5) is 0 Å². The van der Waals surface area contributed by atoms with Gasteiger partial charge in [0.15, 0.2) is 6.29 Å². The predicted molar refractivity (Wildman–Crippen MR) is 117 cm³/mol. The van der Waals surface area contributed by atoms with E-state index in [-0.39, 0.29) is 17.6 Å². The summed E-state index contributed by atoms with van der Waals surface area (Å²) in [5, 5.41) is 1.08. The van der Waals surface area contributed by atoms with Gasteiger partial charge in [-0.25, -0.2) is 0 Å². The third-order valence-corrected chi connectivity index (χ3v) is 6.88. The van der Waals surface area contributed by atoms with Gasteiger partial charge < -0.3 is 9.47 Å². The van der Waals surface area contributed by atoms with Crippen molar-refractivity contribution in [2.75, 3.05) is 6.61 Å². The molecule has 8 heteroatoms. The van der Waals surface area contributed by atoms with Crippen molar-refractivity contribution in [2.24, 2.45) is 0 Å². The SMILES string of the molecule is Cc1ccc(S(=O)(=O)OC[C@H]2CCC[C@H](OC(C)(C)c3ccc(Cl)cc3Cl)O2)cc1. The van der Waals surface area contributed by atoms with Crippen LogP contribution in [0.5, 0.6) is 0 Å². The van der Waals surface area contributed by atoms with Crippen molar-refractivity contribution < 1.29 is 22.1 Å². The molecular weight excluding hydrogens is 447 g/mol. The first kappa shape index (κ1) is 23.5. The van der Waals surface area contributed by atoms with Crippen LogP contribution in [-0.2, 0) is 29.4 Å². The summed E-state index contributed by atoms with van der Waals surface area (Å²) in [7, 11) is -3.83. The van der Waals surface area contributed by atoms with Crippen molar-refractivity contribution in [3.63, 3.8) is 0 Å². The number of aryl methyl sites for hydroxylation is 1. The van der Waals surface area contributed by atoms with E-state index in [2.05, 4.69) is 0 Å². The van der Waals surface area contributed by atoms with E-state index in [0.717, 1.165) is 17.5 Å². The monoisotopic (exact) mass is 472 g/mol. The van der Waals surface area contributed by atoms with Gasteiger partial charge in [-0.1, -0.05) is 47.0 Å². The fourth-order valence-electron chi connectivity index (χ4n) is 3.38. The number of hydrogen-bond acceptors (Lipinski definition) is 5. The molecule has 164 valence electrons. The molecule has 0 N–H and O–H groups in total. The molecule has 3 rings (SSSR count). The molecular formula is C22H26Cl2O5S. The molecule has 0 unspecified atom stereocenters. The van der Waals surface area contributed by atoms with Crippen LogP contribution in [-0.4, -0.2) is 27.4 Å². The van der Waals surface area contributed by atoms with E-state index in [0.29, 0.717) is 22.9 Å². The molecule has 1 heterocycles. The minimum atomic E-state index is -3.83. The summed E-state index contributed by atoms with van der Waals surface area (Å²) in [5.41, 5.74) is 1.08. The Hall–Kier alpha value is -1.15. The molecule has 2 aromatic carbocycles. The van der Waals surface area contributed by atoms with Gasteiger partial charge in [-0.05, 0) is 64.3 Å². The molecule has 0 spiro atoms. The van der Waals surface area contributed by atoms with Gasteiger partial charge in [0.1, 0.15) is 0 Å². The maximum Gasteiger partial charge on any atom is 0.297 e. The molecule has 2 atom stereocenters. The molecule has 0 saturated carbocycles. The lowest BCUT2D eigenvalue weighted by Gasteiger charge is -2.36. The van der Waals surface area contributed by atoms with E-state index in [4.69, 9.17) is 36.9 Å². The molecule has 2 aromatic rings. The minimum absolute atomic E-state index is 0.0573. The lowest BCUT2D eigenvalue weighted by atomic mass is 9.97. The molecule has 0 aliphatic carbocycles. The average molecular weight is 473 g/mol. The first-order valence-corrected chi connectivity index (χ1v) is 12.0. The van der Waals surface area contributed by atoms with Crippen molar-refractivity contribution in [2.45, 2.75) is 62.9 Å². The van der Waals surface area contributed by atoms with E-state index >= 15 is 0 Å². The van der Waals surface area contributed by atoms with Crippen LogP contribution < -0.4 is 0 Å². The zero-order valence-electron chi connectivity index (χ0n) is 17.2. The number of ether oxygens (including phenoxy) is 2. The van der Waals surface area contributed by atoms with Gasteiger partial charge in [-0.15, -0.1) is 0 Å². The van der Waals surface area contributed by atoms with Crippen molar-refractivity contribution >= 4 is 33.3 Å². The predicted octanol–water partition coefficient (Wildman–Crippen LogP) is 5.85. The molecule has 30 heavy (non-hydrogen) atoms. The summed E-state index contributed by atoms with van der Waals surface area (Å²) in [4.78, 5) is 0.134. The quantitative estimate of drug-likeness (QED) is 0.472. The zero-order chi connectivity index (χ0) is 21.9. The fraction of sp³-hybridized carbons (Fsp3) is 0.455. The van der Waals surface area contributed by atoms with E-state index in [1.807, 2.05) is 26.8 Å². The van der Waals surface area contributed by atoms with Gasteiger partial charge in [-0.2, -0.15) is 8.42 Å². The van der Waals surface area contributed by atoms with Gasteiger partial charge in [0.2, 0.25) is 0 Å². The smallest absolute Gasteiger partial charge is 0.297 e. The Bertz CT molecular complexity index is 974. The second-order valence-corrected chi connectivity index (χ2v) is 10.4. The Morgan fingerprint density at radius 1 is 1.10 bits per heavy atom. The van der Waals surface area contributed by atoms with Crippen molar-refractivity contribution in [3.8, 4) is 0 Å². The van der Waals surface area contributed by atoms with Crippen LogP contribution >= 0.6 is 23.2 Å². The minimum Gasteiger partial charge on any atom is -0.347 e. The largest absolute Gasteiger partial charge is 0.347 e. The lowest BCUT2D eigenvalue weighted by molar-refractivity contribution is -0.244. The Morgan fingerprint density at radius 3 is 2.47 bits per heavy atom. The van der Waals surface area contributed by atoms with Crippen molar-refractivity contribution in [1.29, 1.82) is 0 Å². The number of halogens is 2. The molecule has 1 aliphatic heterocycles. The summed E-state index contributed by atoms with van der Waals surface area (Å²) < 4.78 is 42.2. The van der Waals surface area contributed by atoms with E-state index < -0.39 is 22.0 Å². The summed E-state index contributed by atoms with van der Waals surface area (Å²) in [5.74, 6) is 0. The summed E-state index contributed by atoms with van der Waals surface area (Å²) in [6.45, 7) is 5.66. The molecule has 0 amide bonds. The Morgan fingerprint density at radius 2 is 1.80 bits per heavy atom. The maximum atomic E-state index is 12.4. The van der Waals surface area contributed by atoms with E-state index in [1.165, 1.54) is 12.1 Å². The average Bonchev–Trinajstić information content (AvgIpc) is 2.66. The van der Waals surface area contributed by atoms with Crippen LogP contribution in [0, 0.1) is 6.92 Å². The number of hydrogen-bond donors (Lipinski definition) is 0. The van der Waals surface area contributed by atoms with E-state index in [1.54, 1.807) is 24.3 Å². The normalized spacial score (nSPS) is 20.3. The van der Waals surface area contributed by atoms with Crippen molar-refractivity contribution in [1.82, 2.24) is 0 Å². The first-order chi connectivity index (χ1) is 14.1. The molecule has 0 aromatic heterocycles. The van der Waals surface area contributed by atoms with Gasteiger partial charge in [0, 0.05) is 15.6 Å². The van der Waals surface area contributed by atoms with E-state index in [9.17, 15) is 8.42 Å². The zero-order valence-corrected chi connectivity index (χ0v) is 19.6. The Kier molecular flexibility index (Phi) is 7.49. The third-order valence-electron chi connectivity index (χ3n) is 5.03. The summed E-state index contributed by atoms with van der Waals surface area (Å²) >= 11 is 12.3. The number of benzene rings is 2. The Labute approximate surface area is 188 Å². The highest BCUT2D eigenvalue weighted by Crippen LogP contribution is 2.35. The van der Waals surface area contributed by atoms with Crippen LogP contribution in [0.2, 0.25) is 10.0 Å².